The fourth-order valence-electron chi connectivity index (χ4n) is 1.44. The first-order chi connectivity index (χ1) is 8.63. The Hall–Kier alpha value is -1.08. The van der Waals surface area contributed by atoms with Crippen LogP contribution in [0.15, 0.2) is 30.5 Å². The van der Waals surface area contributed by atoms with Gasteiger partial charge in [0.1, 0.15) is 9.26 Å². The summed E-state index contributed by atoms with van der Waals surface area (Å²) >= 11 is 7.90. The summed E-state index contributed by atoms with van der Waals surface area (Å²) in [6, 6.07) is 7.23. The van der Waals surface area contributed by atoms with Gasteiger partial charge in [-0.2, -0.15) is 5.10 Å². The maximum absolute atomic E-state index is 11.7. The first-order valence-electron chi connectivity index (χ1n) is 5.30. The van der Waals surface area contributed by atoms with Crippen LogP contribution in [0.5, 0.6) is 0 Å². The molecule has 18 heavy (non-hydrogen) atoms. The van der Waals surface area contributed by atoms with Crippen molar-refractivity contribution in [1.29, 1.82) is 0 Å². The van der Waals surface area contributed by atoms with E-state index in [1.54, 1.807) is 23.7 Å². The van der Waals surface area contributed by atoms with Crippen molar-refractivity contribution in [3.63, 3.8) is 0 Å². The summed E-state index contributed by atoms with van der Waals surface area (Å²) in [6.07, 6.45) is 1.51. The van der Waals surface area contributed by atoms with Crippen LogP contribution < -0.4 is 0 Å². The second-order valence-corrected chi connectivity index (χ2v) is 4.92. The van der Waals surface area contributed by atoms with Crippen molar-refractivity contribution in [1.82, 2.24) is 9.78 Å². The Labute approximate surface area is 123 Å². The smallest absolute Gasteiger partial charge is 0.342 e. The number of carbonyl (C=O) groups is 1. The molecular weight excluding hydrogens is 367 g/mol. The molecule has 0 bridgehead atoms. The maximum Gasteiger partial charge on any atom is 0.342 e. The molecule has 2 aromatic rings. The third-order valence-electron chi connectivity index (χ3n) is 2.28. The number of benzene rings is 1. The van der Waals surface area contributed by atoms with E-state index >= 15 is 0 Å². The molecule has 2 rings (SSSR count). The molecule has 1 heterocycles. The summed E-state index contributed by atoms with van der Waals surface area (Å²) < 4.78 is 7.34. The Morgan fingerprint density at radius 2 is 2.11 bits per heavy atom. The fourth-order valence-corrected chi connectivity index (χ4v) is 2.33. The number of aromatic nitrogens is 2. The number of halogens is 2. The highest BCUT2D eigenvalue weighted by atomic mass is 127. The Balaban J connectivity index is 2.36. The molecule has 0 amide bonds. The van der Waals surface area contributed by atoms with Crippen LogP contribution >= 0.6 is 34.2 Å². The Morgan fingerprint density at radius 1 is 1.44 bits per heavy atom. The third-order valence-corrected chi connectivity index (χ3v) is 3.57. The van der Waals surface area contributed by atoms with E-state index in [1.165, 1.54) is 6.20 Å². The van der Waals surface area contributed by atoms with E-state index in [0.717, 1.165) is 5.69 Å². The van der Waals surface area contributed by atoms with Gasteiger partial charge in [0.05, 0.1) is 18.5 Å². The van der Waals surface area contributed by atoms with Crippen LogP contribution in [-0.2, 0) is 4.74 Å². The molecule has 0 atom stereocenters. The lowest BCUT2D eigenvalue weighted by molar-refractivity contribution is 0.0525. The van der Waals surface area contributed by atoms with Crippen LogP contribution in [0.2, 0.25) is 5.02 Å². The molecule has 4 nitrogen and oxygen atoms in total. The molecule has 6 heteroatoms. The molecule has 0 N–H and O–H groups in total. The van der Waals surface area contributed by atoms with Gasteiger partial charge in [0.25, 0.3) is 0 Å². The highest BCUT2D eigenvalue weighted by Gasteiger charge is 2.17. The van der Waals surface area contributed by atoms with E-state index in [-0.39, 0.29) is 5.97 Å². The molecule has 94 valence electrons. The molecule has 1 aromatic carbocycles. The third kappa shape index (κ3) is 2.67. The second-order valence-electron chi connectivity index (χ2n) is 3.46. The number of hydrogen-bond donors (Lipinski definition) is 0. The monoisotopic (exact) mass is 376 g/mol. The SMILES string of the molecule is CCOC(=O)c1cnn(-c2ccc(Cl)cc2)c1I. The second kappa shape index (κ2) is 5.71. The predicted octanol–water partition coefficient (Wildman–Crippen LogP) is 3.31. The molecule has 0 saturated carbocycles. The zero-order valence-corrected chi connectivity index (χ0v) is 12.5. The summed E-state index contributed by atoms with van der Waals surface area (Å²) in [4.78, 5) is 11.7. The highest BCUT2D eigenvalue weighted by Crippen LogP contribution is 2.19. The number of nitrogens with zero attached hydrogens (tertiary/aromatic N) is 2. The van der Waals surface area contributed by atoms with Crippen LogP contribution in [0.3, 0.4) is 0 Å². The standard InChI is InChI=1S/C12H10ClIN2O2/c1-2-18-12(17)10-7-15-16(11(10)14)9-5-3-8(13)4-6-9/h3-7H,2H2,1H3. The molecule has 1 aromatic heterocycles. The summed E-state index contributed by atoms with van der Waals surface area (Å²) in [5.74, 6) is -0.359. The molecule has 0 saturated heterocycles. The lowest BCUT2D eigenvalue weighted by Crippen LogP contribution is -2.06. The number of esters is 1. The Kier molecular flexibility index (Phi) is 4.23. The summed E-state index contributed by atoms with van der Waals surface area (Å²) in [7, 11) is 0. The number of hydrogen-bond acceptors (Lipinski definition) is 3. The average Bonchev–Trinajstić information content (AvgIpc) is 2.73. The van der Waals surface area contributed by atoms with Gasteiger partial charge in [0.2, 0.25) is 0 Å². The number of carbonyl (C=O) groups excluding carboxylic acids is 1. The predicted molar refractivity (Wildman–Crippen MR) is 77.2 cm³/mol. The fraction of sp³-hybridized carbons (Fsp3) is 0.167. The van der Waals surface area contributed by atoms with Crippen molar-refractivity contribution < 1.29 is 9.53 Å². The van der Waals surface area contributed by atoms with Gasteiger partial charge in [0, 0.05) is 5.02 Å². The van der Waals surface area contributed by atoms with Crippen molar-refractivity contribution in [3.8, 4) is 5.69 Å². The highest BCUT2D eigenvalue weighted by molar-refractivity contribution is 14.1. The first-order valence-corrected chi connectivity index (χ1v) is 6.75. The number of rotatable bonds is 3. The number of ether oxygens (including phenoxy) is 1. The van der Waals surface area contributed by atoms with E-state index in [4.69, 9.17) is 16.3 Å². The first kappa shape index (κ1) is 13.4. The summed E-state index contributed by atoms with van der Waals surface area (Å²) in [6.45, 7) is 2.12. The van der Waals surface area contributed by atoms with Crippen molar-refractivity contribution in [2.24, 2.45) is 0 Å². The molecule has 0 radical (unpaired) electrons. The quantitative estimate of drug-likeness (QED) is 0.610. The van der Waals surface area contributed by atoms with Gasteiger partial charge in [-0.1, -0.05) is 11.6 Å². The van der Waals surface area contributed by atoms with Gasteiger partial charge in [-0.05, 0) is 53.8 Å². The van der Waals surface area contributed by atoms with Crippen molar-refractivity contribution in [2.45, 2.75) is 6.92 Å². The van der Waals surface area contributed by atoms with Crippen LogP contribution in [0, 0.1) is 3.70 Å². The zero-order chi connectivity index (χ0) is 13.1. The van der Waals surface area contributed by atoms with Gasteiger partial charge in [-0.3, -0.25) is 0 Å². The molecule has 0 spiro atoms. The van der Waals surface area contributed by atoms with Gasteiger partial charge in [-0.15, -0.1) is 0 Å². The van der Waals surface area contributed by atoms with Gasteiger partial charge < -0.3 is 4.74 Å². The van der Waals surface area contributed by atoms with Crippen molar-refractivity contribution >= 4 is 40.2 Å². The van der Waals surface area contributed by atoms with Crippen LogP contribution in [0.1, 0.15) is 17.3 Å². The Bertz CT molecular complexity index is 566. The minimum Gasteiger partial charge on any atom is -0.462 e. The zero-order valence-electron chi connectivity index (χ0n) is 9.56. The maximum atomic E-state index is 11.7. The van der Waals surface area contributed by atoms with Crippen molar-refractivity contribution in [3.05, 3.63) is 44.7 Å². The molecule has 0 aliphatic heterocycles. The van der Waals surface area contributed by atoms with Gasteiger partial charge in [-0.25, -0.2) is 9.48 Å². The Morgan fingerprint density at radius 3 is 2.72 bits per heavy atom. The molecule has 0 fully saturated rings. The van der Waals surface area contributed by atoms with Crippen LogP contribution in [0.25, 0.3) is 5.69 Å². The van der Waals surface area contributed by atoms with Crippen LogP contribution in [0.4, 0.5) is 0 Å². The minimum atomic E-state index is -0.359. The van der Waals surface area contributed by atoms with Gasteiger partial charge in [0.15, 0.2) is 0 Å². The van der Waals surface area contributed by atoms with E-state index in [0.29, 0.717) is 20.9 Å². The van der Waals surface area contributed by atoms with Gasteiger partial charge >= 0.3 is 5.97 Å². The summed E-state index contributed by atoms with van der Waals surface area (Å²) in [5, 5.41) is 4.84. The van der Waals surface area contributed by atoms with Crippen molar-refractivity contribution in [2.75, 3.05) is 6.61 Å². The van der Waals surface area contributed by atoms with Crippen LogP contribution in [-0.4, -0.2) is 22.4 Å². The van der Waals surface area contributed by atoms with E-state index in [1.807, 2.05) is 12.1 Å². The normalized spacial score (nSPS) is 10.4. The van der Waals surface area contributed by atoms with E-state index in [2.05, 4.69) is 27.7 Å². The molecular formula is C12H10ClIN2O2. The van der Waals surface area contributed by atoms with E-state index < -0.39 is 0 Å². The van der Waals surface area contributed by atoms with E-state index in [9.17, 15) is 4.79 Å². The largest absolute Gasteiger partial charge is 0.462 e. The molecule has 0 aliphatic rings. The molecule has 0 unspecified atom stereocenters. The lowest BCUT2D eigenvalue weighted by atomic mass is 10.3. The molecule has 0 aliphatic carbocycles. The topological polar surface area (TPSA) is 44.1 Å². The summed E-state index contributed by atoms with van der Waals surface area (Å²) in [5.41, 5.74) is 1.31. The lowest BCUT2D eigenvalue weighted by Gasteiger charge is -2.04. The minimum absolute atomic E-state index is 0.348. The average molecular weight is 377 g/mol.